The van der Waals surface area contributed by atoms with E-state index in [0.717, 1.165) is 32.9 Å². The lowest BCUT2D eigenvalue weighted by Gasteiger charge is -2.06. The maximum atomic E-state index is 12.6. The predicted molar refractivity (Wildman–Crippen MR) is 103 cm³/mol. The van der Waals surface area contributed by atoms with Crippen molar-refractivity contribution in [3.8, 4) is 5.75 Å². The highest BCUT2D eigenvalue weighted by Gasteiger charge is 2.19. The summed E-state index contributed by atoms with van der Waals surface area (Å²) in [5.41, 5.74) is 2.71. The number of fused-ring (bicyclic) bond motifs is 1. The minimum Gasteiger partial charge on any atom is -0.497 e. The van der Waals surface area contributed by atoms with Gasteiger partial charge in [0.2, 0.25) is 0 Å². The number of hydrogen-bond acceptors (Lipinski definition) is 3. The van der Waals surface area contributed by atoms with Crippen molar-refractivity contribution in [1.82, 2.24) is 10.3 Å². The van der Waals surface area contributed by atoms with Crippen LogP contribution in [0.3, 0.4) is 0 Å². The van der Waals surface area contributed by atoms with Crippen LogP contribution in [0.25, 0.3) is 10.9 Å². The fourth-order valence-corrected chi connectivity index (χ4v) is 3.64. The maximum absolute atomic E-state index is 12.6. The van der Waals surface area contributed by atoms with E-state index in [1.165, 1.54) is 5.56 Å². The van der Waals surface area contributed by atoms with Crippen LogP contribution in [-0.4, -0.2) is 24.5 Å². The highest BCUT2D eigenvalue weighted by Crippen LogP contribution is 2.38. The number of carbonyl (C=O) groups is 1. The van der Waals surface area contributed by atoms with Gasteiger partial charge in [0.25, 0.3) is 5.91 Å². The summed E-state index contributed by atoms with van der Waals surface area (Å²) in [6.45, 7) is 4.76. The van der Waals surface area contributed by atoms with Crippen molar-refractivity contribution in [1.29, 1.82) is 0 Å². The summed E-state index contributed by atoms with van der Waals surface area (Å²) in [5, 5.41) is 3.98. The molecule has 1 amide bonds. The van der Waals surface area contributed by atoms with Crippen LogP contribution in [0.15, 0.2) is 52.3 Å². The van der Waals surface area contributed by atoms with Gasteiger partial charge in [0.15, 0.2) is 0 Å². The van der Waals surface area contributed by atoms with E-state index in [1.54, 1.807) is 18.9 Å². The molecule has 3 rings (SSSR count). The fourth-order valence-electron chi connectivity index (χ4n) is 2.59. The molecule has 3 aromatic rings. The molecule has 0 spiro atoms. The van der Waals surface area contributed by atoms with Crippen LogP contribution in [0, 0.1) is 6.92 Å². The van der Waals surface area contributed by atoms with Crippen molar-refractivity contribution >= 4 is 28.6 Å². The monoisotopic (exact) mass is 354 g/mol. The van der Waals surface area contributed by atoms with E-state index in [-0.39, 0.29) is 5.91 Å². The van der Waals surface area contributed by atoms with Gasteiger partial charge in [-0.2, -0.15) is 0 Å². The SMILES string of the molecule is CCCNC(=O)c1[nH]c2cc(OC)ccc2c1Sc1ccc(C)cc1. The summed E-state index contributed by atoms with van der Waals surface area (Å²) >= 11 is 1.60. The molecule has 2 aromatic carbocycles. The molecule has 0 aliphatic carbocycles. The minimum atomic E-state index is -0.0772. The van der Waals surface area contributed by atoms with E-state index in [1.807, 2.05) is 25.1 Å². The molecule has 0 bridgehead atoms. The van der Waals surface area contributed by atoms with Crippen molar-refractivity contribution in [3.05, 3.63) is 53.7 Å². The molecule has 2 N–H and O–H groups in total. The first-order chi connectivity index (χ1) is 12.1. The van der Waals surface area contributed by atoms with Gasteiger partial charge in [-0.3, -0.25) is 4.79 Å². The van der Waals surface area contributed by atoms with Crippen LogP contribution >= 0.6 is 11.8 Å². The van der Waals surface area contributed by atoms with Crippen molar-refractivity contribution in [2.24, 2.45) is 0 Å². The van der Waals surface area contributed by atoms with Gasteiger partial charge in [-0.1, -0.05) is 36.4 Å². The molecule has 0 saturated carbocycles. The topological polar surface area (TPSA) is 54.1 Å². The highest BCUT2D eigenvalue weighted by atomic mass is 32.2. The van der Waals surface area contributed by atoms with E-state index in [0.29, 0.717) is 12.2 Å². The van der Waals surface area contributed by atoms with E-state index in [2.05, 4.69) is 41.5 Å². The van der Waals surface area contributed by atoms with Gasteiger partial charge in [-0.15, -0.1) is 0 Å². The number of aromatic nitrogens is 1. The van der Waals surface area contributed by atoms with Crippen LogP contribution < -0.4 is 10.1 Å². The summed E-state index contributed by atoms with van der Waals surface area (Å²) in [4.78, 5) is 17.9. The fraction of sp³-hybridized carbons (Fsp3) is 0.250. The number of rotatable bonds is 6. The Hall–Kier alpha value is -2.40. The second-order valence-corrected chi connectivity index (χ2v) is 7.00. The summed E-state index contributed by atoms with van der Waals surface area (Å²) in [7, 11) is 1.64. The van der Waals surface area contributed by atoms with Crippen LogP contribution in [0.4, 0.5) is 0 Å². The smallest absolute Gasteiger partial charge is 0.268 e. The second-order valence-electron chi connectivity index (χ2n) is 5.91. The van der Waals surface area contributed by atoms with Gasteiger partial charge in [-0.25, -0.2) is 0 Å². The Morgan fingerprint density at radius 2 is 1.96 bits per heavy atom. The Morgan fingerprint density at radius 1 is 1.20 bits per heavy atom. The first-order valence-corrected chi connectivity index (χ1v) is 9.16. The molecule has 0 saturated heterocycles. The molecule has 0 aliphatic heterocycles. The molecule has 0 aliphatic rings. The molecule has 25 heavy (non-hydrogen) atoms. The van der Waals surface area contributed by atoms with Gasteiger partial charge in [-0.05, 0) is 37.6 Å². The Kier molecular flexibility index (Phi) is 5.34. The standard InChI is InChI=1S/C20H22N2O2S/c1-4-11-21-20(23)18-19(25-15-8-5-13(2)6-9-15)16-10-7-14(24-3)12-17(16)22-18/h5-10,12,22H,4,11H2,1-3H3,(H,21,23). The van der Waals surface area contributed by atoms with Gasteiger partial charge >= 0.3 is 0 Å². The van der Waals surface area contributed by atoms with Crippen LogP contribution in [0.2, 0.25) is 0 Å². The highest BCUT2D eigenvalue weighted by molar-refractivity contribution is 7.99. The third-order valence-corrected chi connectivity index (χ3v) is 5.10. The molecular formula is C20H22N2O2S. The maximum Gasteiger partial charge on any atom is 0.268 e. The third kappa shape index (κ3) is 3.82. The molecule has 5 heteroatoms. The normalized spacial score (nSPS) is 10.8. The van der Waals surface area contributed by atoms with Crippen LogP contribution in [0.1, 0.15) is 29.4 Å². The molecule has 0 atom stereocenters. The number of methoxy groups -OCH3 is 1. The number of aryl methyl sites for hydroxylation is 1. The molecule has 0 fully saturated rings. The zero-order valence-corrected chi connectivity index (χ0v) is 15.5. The predicted octanol–water partition coefficient (Wildman–Crippen LogP) is 4.78. The largest absolute Gasteiger partial charge is 0.497 e. The quantitative estimate of drug-likeness (QED) is 0.670. The Morgan fingerprint density at radius 3 is 2.64 bits per heavy atom. The number of hydrogen-bond donors (Lipinski definition) is 2. The van der Waals surface area contributed by atoms with Crippen molar-refractivity contribution in [2.45, 2.75) is 30.1 Å². The summed E-state index contributed by atoms with van der Waals surface area (Å²) in [6, 6.07) is 14.2. The number of nitrogens with one attached hydrogen (secondary N) is 2. The second kappa shape index (κ2) is 7.66. The van der Waals surface area contributed by atoms with Gasteiger partial charge in [0.1, 0.15) is 11.4 Å². The van der Waals surface area contributed by atoms with E-state index >= 15 is 0 Å². The van der Waals surface area contributed by atoms with E-state index in [9.17, 15) is 4.79 Å². The molecule has 1 heterocycles. The summed E-state index contributed by atoms with van der Waals surface area (Å²) < 4.78 is 5.30. The average molecular weight is 354 g/mol. The molecule has 0 radical (unpaired) electrons. The number of amides is 1. The van der Waals surface area contributed by atoms with Crippen molar-refractivity contribution < 1.29 is 9.53 Å². The molecular weight excluding hydrogens is 332 g/mol. The first kappa shape index (κ1) is 17.4. The average Bonchev–Trinajstić information content (AvgIpc) is 2.99. The van der Waals surface area contributed by atoms with Gasteiger partial charge in [0, 0.05) is 22.9 Å². The number of aromatic amines is 1. The first-order valence-electron chi connectivity index (χ1n) is 8.34. The summed E-state index contributed by atoms with van der Waals surface area (Å²) in [6.07, 6.45) is 0.903. The number of ether oxygens (including phenoxy) is 1. The number of H-pyrrole nitrogens is 1. The molecule has 0 unspecified atom stereocenters. The Bertz CT molecular complexity index is 885. The third-order valence-electron chi connectivity index (χ3n) is 3.96. The number of benzene rings is 2. The Labute approximate surface area is 152 Å². The number of carbonyl (C=O) groups excluding carboxylic acids is 1. The van der Waals surface area contributed by atoms with Crippen LogP contribution in [0.5, 0.6) is 5.75 Å². The van der Waals surface area contributed by atoms with Gasteiger partial charge in [0.05, 0.1) is 17.5 Å². The lowest BCUT2D eigenvalue weighted by molar-refractivity contribution is 0.0946. The lowest BCUT2D eigenvalue weighted by Crippen LogP contribution is -2.24. The molecule has 130 valence electrons. The Balaban J connectivity index is 2.05. The molecule has 1 aromatic heterocycles. The summed E-state index contributed by atoms with van der Waals surface area (Å²) in [5.74, 6) is 0.688. The van der Waals surface area contributed by atoms with Crippen LogP contribution in [-0.2, 0) is 0 Å². The minimum absolute atomic E-state index is 0.0772. The molecule has 4 nitrogen and oxygen atoms in total. The van der Waals surface area contributed by atoms with Crippen molar-refractivity contribution in [2.75, 3.05) is 13.7 Å². The van der Waals surface area contributed by atoms with Crippen molar-refractivity contribution in [3.63, 3.8) is 0 Å². The van der Waals surface area contributed by atoms with E-state index in [4.69, 9.17) is 4.74 Å². The zero-order valence-electron chi connectivity index (χ0n) is 14.7. The van der Waals surface area contributed by atoms with E-state index < -0.39 is 0 Å². The lowest BCUT2D eigenvalue weighted by atomic mass is 10.2. The zero-order chi connectivity index (χ0) is 17.8. The van der Waals surface area contributed by atoms with Gasteiger partial charge < -0.3 is 15.0 Å².